The van der Waals surface area contributed by atoms with E-state index in [1.165, 1.54) is 35.9 Å². The van der Waals surface area contributed by atoms with Gasteiger partial charge in [0.15, 0.2) is 10.8 Å². The average molecular weight is 684 g/mol. The van der Waals surface area contributed by atoms with Crippen molar-refractivity contribution < 1.29 is 42.9 Å². The predicted molar refractivity (Wildman–Crippen MR) is 169 cm³/mol. The molecular formula is C27H35BClN5O9S2. The van der Waals surface area contributed by atoms with Gasteiger partial charge in [-0.15, -0.1) is 34.7 Å². The number of ether oxygens (including phenoxy) is 2. The molecule has 0 aromatic carbocycles. The number of amides is 3. The highest BCUT2D eigenvalue weighted by molar-refractivity contribution is 8.00. The molecule has 18 heteroatoms. The number of nitrogens with zero attached hydrogens (tertiary/aromatic N) is 3. The van der Waals surface area contributed by atoms with Crippen LogP contribution < -0.4 is 10.6 Å². The quantitative estimate of drug-likeness (QED) is 0.0629. The van der Waals surface area contributed by atoms with Gasteiger partial charge < -0.3 is 24.3 Å². The Kier molecular flexibility index (Phi) is 11.9. The number of fused-ring (bicyclic) bond motifs is 1. The summed E-state index contributed by atoms with van der Waals surface area (Å²) < 4.78 is 14.9. The minimum absolute atomic E-state index is 0.0243. The third-order valence-electron chi connectivity index (χ3n) is 6.31. The number of thioether (sulfide) groups is 1. The highest BCUT2D eigenvalue weighted by Crippen LogP contribution is 2.44. The van der Waals surface area contributed by atoms with E-state index in [-0.39, 0.29) is 34.3 Å². The van der Waals surface area contributed by atoms with Crippen LogP contribution in [0.5, 0.6) is 0 Å². The van der Waals surface area contributed by atoms with E-state index in [4.69, 9.17) is 34.0 Å². The van der Waals surface area contributed by atoms with Crippen molar-refractivity contribution in [2.75, 3.05) is 17.8 Å². The van der Waals surface area contributed by atoms with Crippen LogP contribution in [0, 0.1) is 0 Å². The maximum Gasteiger partial charge on any atom is 0.413 e. The van der Waals surface area contributed by atoms with Gasteiger partial charge in [0, 0.05) is 16.5 Å². The molecular weight excluding hydrogens is 649 g/mol. The number of oxime groups is 1. The van der Waals surface area contributed by atoms with Gasteiger partial charge in [-0.2, -0.15) is 0 Å². The lowest BCUT2D eigenvalue weighted by atomic mass is 10.0. The van der Waals surface area contributed by atoms with Gasteiger partial charge >= 0.3 is 26.1 Å². The monoisotopic (exact) mass is 683 g/mol. The van der Waals surface area contributed by atoms with Crippen molar-refractivity contribution >= 4 is 83.4 Å². The molecule has 2 radical (unpaired) electrons. The minimum atomic E-state index is -1.59. The highest BCUT2D eigenvalue weighted by atomic mass is 35.5. The Balaban J connectivity index is 1.88. The minimum Gasteiger partial charge on any atom is -0.539 e. The molecule has 0 aliphatic carbocycles. The number of unbranched alkanes of at least 4 members (excludes halogenated alkanes) is 1. The summed E-state index contributed by atoms with van der Waals surface area (Å²) in [5, 5.41) is 9.58. The number of rotatable bonds is 12. The second-order valence-electron chi connectivity index (χ2n) is 11.4. The first-order chi connectivity index (χ1) is 21.0. The van der Waals surface area contributed by atoms with Crippen LogP contribution in [-0.2, 0) is 38.1 Å². The molecule has 1 aromatic rings. The van der Waals surface area contributed by atoms with Gasteiger partial charge in [0.2, 0.25) is 5.60 Å². The molecule has 1 fully saturated rings. The summed E-state index contributed by atoms with van der Waals surface area (Å²) in [6.07, 6.45) is 0.702. The number of aromatic nitrogens is 1. The average Bonchev–Trinajstić information content (AvgIpc) is 3.41. The molecule has 1 aromatic heterocycles. The van der Waals surface area contributed by atoms with Crippen LogP contribution in [0.25, 0.3) is 0 Å². The van der Waals surface area contributed by atoms with E-state index in [1.807, 2.05) is 6.92 Å². The van der Waals surface area contributed by atoms with Gasteiger partial charge in [-0.25, -0.2) is 19.4 Å². The number of carbonyl (C=O) groups excluding carboxylic acids is 5. The van der Waals surface area contributed by atoms with Crippen molar-refractivity contribution in [2.24, 2.45) is 5.16 Å². The van der Waals surface area contributed by atoms with Gasteiger partial charge in [0.1, 0.15) is 28.4 Å². The molecule has 2 aliphatic heterocycles. The fourth-order valence-corrected chi connectivity index (χ4v) is 6.58. The number of alkyl halides is 1. The topological polar surface area (TPSA) is 175 Å². The Hall–Kier alpha value is -3.31. The molecule has 2 aliphatic rings. The number of hydrogen-bond donors (Lipinski definition) is 2. The van der Waals surface area contributed by atoms with E-state index >= 15 is 0 Å². The third kappa shape index (κ3) is 8.70. The molecule has 3 amide bonds. The largest absolute Gasteiger partial charge is 0.539 e. The first kappa shape index (κ1) is 36.2. The van der Waals surface area contributed by atoms with E-state index in [9.17, 15) is 24.0 Å². The predicted octanol–water partition coefficient (Wildman–Crippen LogP) is 3.24. The summed E-state index contributed by atoms with van der Waals surface area (Å²) in [7, 11) is 5.10. The standard InChI is InChI=1S/C27H35BClN5O9S2/c1-8-9-10-40-23(38)27(6,7)43-33-16(15-12-44-24(30-15)32-25(39)41-26(3,4)5)19(35)31-17-20(36)34-18(22(37)42-28)14(11-29)13(2)45-21(17)34/h12-13,17,21H,8-11H2,1-7H3,(H,31,35)(H,30,32,39)/b33-16-/t13-,17+,21+/m0/s1. The van der Waals surface area contributed by atoms with Crippen molar-refractivity contribution in [1.82, 2.24) is 15.2 Å². The highest BCUT2D eigenvalue weighted by Gasteiger charge is 2.56. The molecule has 244 valence electrons. The van der Waals surface area contributed by atoms with Crippen molar-refractivity contribution in [1.29, 1.82) is 0 Å². The number of hydrogen-bond acceptors (Lipinski definition) is 13. The Bertz CT molecular complexity index is 1390. The summed E-state index contributed by atoms with van der Waals surface area (Å²) >= 11 is 8.33. The number of β-lactam (4-membered cyclic amide) rings is 1. The zero-order chi connectivity index (χ0) is 33.7. The van der Waals surface area contributed by atoms with Crippen molar-refractivity contribution in [3.05, 3.63) is 22.3 Å². The van der Waals surface area contributed by atoms with Gasteiger partial charge in [-0.05, 0) is 53.5 Å². The molecule has 3 heterocycles. The molecule has 3 atom stereocenters. The third-order valence-corrected chi connectivity index (χ3v) is 8.81. The van der Waals surface area contributed by atoms with E-state index in [1.54, 1.807) is 27.7 Å². The second kappa shape index (κ2) is 14.9. The van der Waals surface area contributed by atoms with Crippen LogP contribution in [0.15, 0.2) is 21.8 Å². The first-order valence-electron chi connectivity index (χ1n) is 13.9. The summed E-state index contributed by atoms with van der Waals surface area (Å²) in [4.78, 5) is 75.1. The molecule has 1 saturated heterocycles. The van der Waals surface area contributed by atoms with Gasteiger partial charge in [0.25, 0.3) is 11.8 Å². The maximum atomic E-state index is 13.6. The lowest BCUT2D eigenvalue weighted by Crippen LogP contribution is -2.71. The molecule has 0 spiro atoms. The SMILES string of the molecule is [B]OC(=O)C1=C(CCl)[C@H](C)S[C@@H]2[C@H](NC(=O)/C(=N\OC(C)(C)C(=O)OCCCC)c3csc(NC(=O)OC(C)(C)C)n3)C(=O)N12. The summed E-state index contributed by atoms with van der Waals surface area (Å²) in [6.45, 7) is 11.9. The lowest BCUT2D eigenvalue weighted by Gasteiger charge is -2.51. The number of carbonyl (C=O) groups is 5. The van der Waals surface area contributed by atoms with Crippen molar-refractivity contribution in [3.63, 3.8) is 0 Å². The lowest BCUT2D eigenvalue weighted by molar-refractivity contribution is -0.168. The molecule has 3 rings (SSSR count). The van der Waals surface area contributed by atoms with Crippen molar-refractivity contribution in [2.45, 2.75) is 89.2 Å². The van der Waals surface area contributed by atoms with E-state index in [0.29, 0.717) is 12.0 Å². The molecule has 2 N–H and O–H groups in total. The Labute approximate surface area is 275 Å². The Morgan fingerprint density at radius 1 is 1.20 bits per heavy atom. The molecule has 45 heavy (non-hydrogen) atoms. The molecule has 0 bridgehead atoms. The van der Waals surface area contributed by atoms with Crippen LogP contribution in [0.1, 0.15) is 67.0 Å². The number of halogens is 1. The summed E-state index contributed by atoms with van der Waals surface area (Å²) in [5.74, 6) is -3.16. The van der Waals surface area contributed by atoms with Crippen molar-refractivity contribution in [3.8, 4) is 0 Å². The smallest absolute Gasteiger partial charge is 0.413 e. The van der Waals surface area contributed by atoms with Gasteiger partial charge in [0.05, 0.1) is 6.61 Å². The molecule has 0 unspecified atom stereocenters. The second-order valence-corrected chi connectivity index (χ2v) is 14.0. The normalized spacial score (nSPS) is 20.1. The number of anilines is 1. The van der Waals surface area contributed by atoms with Crippen LogP contribution in [-0.4, -0.2) is 93.8 Å². The van der Waals surface area contributed by atoms with Crippen LogP contribution >= 0.6 is 34.7 Å². The van der Waals surface area contributed by atoms with E-state index in [2.05, 4.69) is 25.4 Å². The van der Waals surface area contributed by atoms with E-state index < -0.39 is 58.2 Å². The van der Waals surface area contributed by atoms with Crippen LogP contribution in [0.4, 0.5) is 9.93 Å². The van der Waals surface area contributed by atoms with Gasteiger partial charge in [-0.1, -0.05) is 18.5 Å². The fraction of sp³-hybridized carbons (Fsp3) is 0.593. The summed E-state index contributed by atoms with van der Waals surface area (Å²) in [6, 6.07) is -1.09. The Morgan fingerprint density at radius 2 is 1.89 bits per heavy atom. The van der Waals surface area contributed by atoms with E-state index in [0.717, 1.165) is 17.8 Å². The molecule has 0 saturated carbocycles. The Morgan fingerprint density at radius 3 is 2.49 bits per heavy atom. The number of esters is 1. The first-order valence-corrected chi connectivity index (χ1v) is 16.3. The zero-order valence-corrected chi connectivity index (χ0v) is 28.3. The van der Waals surface area contributed by atoms with Crippen LogP contribution in [0.3, 0.4) is 0 Å². The summed E-state index contributed by atoms with van der Waals surface area (Å²) in [5.41, 5.74) is -2.38. The fourth-order valence-electron chi connectivity index (χ4n) is 3.99. The zero-order valence-electron chi connectivity index (χ0n) is 25.9. The number of nitrogens with one attached hydrogen (secondary N) is 2. The van der Waals surface area contributed by atoms with Crippen LogP contribution in [0.2, 0.25) is 0 Å². The number of thiazole rings is 1. The van der Waals surface area contributed by atoms with Gasteiger partial charge in [-0.3, -0.25) is 19.8 Å². The maximum absolute atomic E-state index is 13.6. The molecule has 14 nitrogen and oxygen atoms in total.